The fourth-order valence-electron chi connectivity index (χ4n) is 3.50. The molecule has 0 radical (unpaired) electrons. The van der Waals surface area contributed by atoms with Gasteiger partial charge in [0.2, 0.25) is 5.88 Å². The molecule has 0 aliphatic heterocycles. The molecule has 1 aliphatic carbocycles. The molecule has 3 aromatic rings. The number of carbonyl (C=O) groups is 1. The molecule has 1 atom stereocenters. The quantitative estimate of drug-likeness (QED) is 0.771. The first-order valence-electron chi connectivity index (χ1n) is 9.03. The summed E-state index contributed by atoms with van der Waals surface area (Å²) in [6, 6.07) is 13.3. The van der Waals surface area contributed by atoms with E-state index in [1.165, 1.54) is 22.3 Å². The third kappa shape index (κ3) is 3.40. The third-order valence-corrected chi connectivity index (χ3v) is 4.97. The Morgan fingerprint density at radius 3 is 2.78 bits per heavy atom. The predicted octanol–water partition coefficient (Wildman–Crippen LogP) is 3.74. The first-order chi connectivity index (χ1) is 13.2. The summed E-state index contributed by atoms with van der Waals surface area (Å²) < 4.78 is 5.16. The Morgan fingerprint density at radius 2 is 1.93 bits per heavy atom. The van der Waals surface area contributed by atoms with Crippen LogP contribution in [0.15, 0.2) is 54.9 Å². The first-order valence-corrected chi connectivity index (χ1v) is 9.03. The molecular weight excluding hydrogens is 338 g/mol. The summed E-state index contributed by atoms with van der Waals surface area (Å²) in [4.78, 5) is 21.3. The molecular formula is C22H21N3O2. The van der Waals surface area contributed by atoms with Gasteiger partial charge in [-0.1, -0.05) is 12.1 Å². The third-order valence-electron chi connectivity index (χ3n) is 4.97. The second-order valence-electron chi connectivity index (χ2n) is 6.70. The molecule has 4 rings (SSSR count). The summed E-state index contributed by atoms with van der Waals surface area (Å²) in [7, 11) is 1.58. The number of ether oxygens (including phenoxy) is 1. The number of fused-ring (bicyclic) bond motifs is 3. The van der Waals surface area contributed by atoms with Gasteiger partial charge in [-0.15, -0.1) is 0 Å². The number of benzene rings is 1. The molecule has 1 unspecified atom stereocenters. The van der Waals surface area contributed by atoms with Crippen LogP contribution >= 0.6 is 0 Å². The van der Waals surface area contributed by atoms with E-state index >= 15 is 0 Å². The number of methoxy groups -OCH3 is 1. The van der Waals surface area contributed by atoms with E-state index in [0.717, 1.165) is 18.5 Å². The Labute approximate surface area is 158 Å². The van der Waals surface area contributed by atoms with E-state index in [1.54, 1.807) is 13.2 Å². The number of aromatic nitrogens is 2. The number of carbonyl (C=O) groups excluding carboxylic acids is 1. The molecule has 2 heterocycles. The number of rotatable bonds is 4. The molecule has 136 valence electrons. The first kappa shape index (κ1) is 17.2. The number of hydrogen-bond donors (Lipinski definition) is 1. The van der Waals surface area contributed by atoms with Crippen molar-refractivity contribution in [2.75, 3.05) is 7.11 Å². The van der Waals surface area contributed by atoms with Gasteiger partial charge in [-0.25, -0.2) is 4.98 Å². The minimum atomic E-state index is -0.213. The largest absolute Gasteiger partial charge is 0.481 e. The molecule has 1 amide bonds. The molecule has 27 heavy (non-hydrogen) atoms. The lowest BCUT2D eigenvalue weighted by Gasteiger charge is -2.20. The lowest BCUT2D eigenvalue weighted by Crippen LogP contribution is -2.27. The predicted molar refractivity (Wildman–Crippen MR) is 104 cm³/mol. The maximum atomic E-state index is 12.7. The minimum absolute atomic E-state index is 0.101. The number of pyridine rings is 2. The van der Waals surface area contributed by atoms with Crippen LogP contribution in [0.5, 0.6) is 5.88 Å². The summed E-state index contributed by atoms with van der Waals surface area (Å²) in [5, 5.41) is 3.02. The van der Waals surface area contributed by atoms with Crippen molar-refractivity contribution in [2.45, 2.75) is 25.8 Å². The van der Waals surface area contributed by atoms with Crippen molar-refractivity contribution in [3.05, 3.63) is 77.2 Å². The van der Waals surface area contributed by atoms with E-state index in [0.29, 0.717) is 11.4 Å². The van der Waals surface area contributed by atoms with Gasteiger partial charge in [0.25, 0.3) is 5.91 Å². The summed E-state index contributed by atoms with van der Waals surface area (Å²) in [5.41, 5.74) is 6.31. The van der Waals surface area contributed by atoms with Gasteiger partial charge in [0, 0.05) is 24.0 Å². The molecule has 0 bridgehead atoms. The summed E-state index contributed by atoms with van der Waals surface area (Å²) >= 11 is 0. The van der Waals surface area contributed by atoms with Gasteiger partial charge in [0.05, 0.1) is 18.8 Å². The van der Waals surface area contributed by atoms with Crippen LogP contribution in [-0.2, 0) is 12.8 Å². The van der Waals surface area contributed by atoms with Crippen LogP contribution in [0.3, 0.4) is 0 Å². The highest BCUT2D eigenvalue weighted by Crippen LogP contribution is 2.33. The summed E-state index contributed by atoms with van der Waals surface area (Å²) in [6.07, 6.45) is 5.62. The summed E-state index contributed by atoms with van der Waals surface area (Å²) in [6.45, 7) is 1.92. The van der Waals surface area contributed by atoms with E-state index in [-0.39, 0.29) is 11.9 Å². The smallest absolute Gasteiger partial charge is 0.251 e. The average Bonchev–Trinajstić information content (AvgIpc) is 2.73. The molecule has 2 aromatic heterocycles. The number of nitrogens with zero attached hydrogens (tertiary/aromatic N) is 2. The van der Waals surface area contributed by atoms with E-state index in [1.807, 2.05) is 55.7 Å². The van der Waals surface area contributed by atoms with E-state index in [9.17, 15) is 4.79 Å². The van der Waals surface area contributed by atoms with Gasteiger partial charge < -0.3 is 10.1 Å². The van der Waals surface area contributed by atoms with Crippen LogP contribution in [0.2, 0.25) is 0 Å². The van der Waals surface area contributed by atoms with Gasteiger partial charge in [0.1, 0.15) is 0 Å². The molecule has 1 aliphatic rings. The van der Waals surface area contributed by atoms with Gasteiger partial charge in [-0.2, -0.15) is 0 Å². The fourth-order valence-corrected chi connectivity index (χ4v) is 3.50. The van der Waals surface area contributed by atoms with Gasteiger partial charge >= 0.3 is 0 Å². The van der Waals surface area contributed by atoms with Crippen LogP contribution in [-0.4, -0.2) is 23.0 Å². The molecule has 0 saturated carbocycles. The maximum Gasteiger partial charge on any atom is 0.251 e. The van der Waals surface area contributed by atoms with Crippen molar-refractivity contribution in [1.82, 2.24) is 15.3 Å². The van der Waals surface area contributed by atoms with Crippen molar-refractivity contribution < 1.29 is 9.53 Å². The van der Waals surface area contributed by atoms with Crippen molar-refractivity contribution in [3.63, 3.8) is 0 Å². The van der Waals surface area contributed by atoms with Crippen molar-refractivity contribution in [2.24, 2.45) is 0 Å². The zero-order valence-electron chi connectivity index (χ0n) is 15.4. The van der Waals surface area contributed by atoms with Gasteiger partial charge in [0.15, 0.2) is 0 Å². The monoisotopic (exact) mass is 359 g/mol. The number of amides is 1. The summed E-state index contributed by atoms with van der Waals surface area (Å²) in [5.74, 6) is 0.436. The highest BCUT2D eigenvalue weighted by Gasteiger charge is 2.19. The lowest BCUT2D eigenvalue weighted by atomic mass is 9.86. The second kappa shape index (κ2) is 7.19. The SMILES string of the molecule is COc1cccc(C(C)NC(=O)c2ccc3c(c2)CCc2cnccc2-3)n1. The van der Waals surface area contributed by atoms with Crippen molar-refractivity contribution in [1.29, 1.82) is 0 Å². The molecule has 1 aromatic carbocycles. The highest BCUT2D eigenvalue weighted by molar-refractivity contribution is 5.95. The van der Waals surface area contributed by atoms with E-state index in [4.69, 9.17) is 4.74 Å². The van der Waals surface area contributed by atoms with Gasteiger partial charge in [-0.05, 0) is 66.3 Å². The highest BCUT2D eigenvalue weighted by atomic mass is 16.5. The van der Waals surface area contributed by atoms with Crippen LogP contribution in [0.1, 0.15) is 40.1 Å². The molecule has 5 heteroatoms. The molecule has 5 nitrogen and oxygen atoms in total. The van der Waals surface area contributed by atoms with Crippen LogP contribution in [0.4, 0.5) is 0 Å². The normalized spacial score (nSPS) is 13.3. The topological polar surface area (TPSA) is 64.1 Å². The number of aryl methyl sites for hydroxylation is 2. The van der Waals surface area contributed by atoms with Crippen LogP contribution in [0.25, 0.3) is 11.1 Å². The Hall–Kier alpha value is -3.21. The zero-order valence-corrected chi connectivity index (χ0v) is 15.4. The lowest BCUT2D eigenvalue weighted by molar-refractivity contribution is 0.0939. The maximum absolute atomic E-state index is 12.7. The second-order valence-corrected chi connectivity index (χ2v) is 6.70. The zero-order chi connectivity index (χ0) is 18.8. The van der Waals surface area contributed by atoms with Crippen LogP contribution < -0.4 is 10.1 Å². The number of hydrogen-bond acceptors (Lipinski definition) is 4. The number of nitrogens with one attached hydrogen (secondary N) is 1. The Kier molecular flexibility index (Phi) is 4.59. The van der Waals surface area contributed by atoms with E-state index in [2.05, 4.69) is 15.3 Å². The molecule has 0 spiro atoms. The van der Waals surface area contributed by atoms with Crippen molar-refractivity contribution in [3.8, 4) is 17.0 Å². The van der Waals surface area contributed by atoms with Gasteiger partial charge in [-0.3, -0.25) is 9.78 Å². The standard InChI is InChI=1S/C22H21N3O2/c1-14(20-4-3-5-21(25-20)27-2)24-22(26)16-8-9-18-15(12-16)6-7-17-13-23-11-10-19(17)18/h3-5,8-14H,6-7H2,1-2H3,(H,24,26). The average molecular weight is 359 g/mol. The molecule has 0 saturated heterocycles. The molecule has 0 fully saturated rings. The Bertz CT molecular complexity index is 1000. The minimum Gasteiger partial charge on any atom is -0.481 e. The van der Waals surface area contributed by atoms with Crippen molar-refractivity contribution >= 4 is 5.91 Å². The molecule has 1 N–H and O–H groups in total. The van der Waals surface area contributed by atoms with E-state index < -0.39 is 0 Å². The Balaban J connectivity index is 1.55. The fraction of sp³-hybridized carbons (Fsp3) is 0.227. The Morgan fingerprint density at radius 1 is 1.11 bits per heavy atom. The van der Waals surface area contributed by atoms with Crippen LogP contribution in [0, 0.1) is 0 Å².